The van der Waals surface area contributed by atoms with Gasteiger partial charge in [-0.25, -0.2) is 9.53 Å². The van der Waals surface area contributed by atoms with Crippen LogP contribution in [0, 0.1) is 5.41 Å². The summed E-state index contributed by atoms with van der Waals surface area (Å²) in [5.74, 6) is 0.0776. The molecule has 0 saturated carbocycles. The number of rotatable bonds is 2. The molecule has 1 fully saturated rings. The van der Waals surface area contributed by atoms with E-state index in [0.29, 0.717) is 10.7 Å². The van der Waals surface area contributed by atoms with Crippen LogP contribution < -0.4 is 10.6 Å². The fourth-order valence-corrected chi connectivity index (χ4v) is 2.35. The van der Waals surface area contributed by atoms with Crippen LogP contribution in [-0.4, -0.2) is 21.4 Å². The Hall–Kier alpha value is -2.55. The minimum atomic E-state index is -0.422. The van der Waals surface area contributed by atoms with Crippen LogP contribution in [0.3, 0.4) is 0 Å². The predicted molar refractivity (Wildman–Crippen MR) is 68.2 cm³/mol. The summed E-state index contributed by atoms with van der Waals surface area (Å²) in [4.78, 5) is 13.6. The molecule has 3 N–H and O–H groups in total. The predicted octanol–water partition coefficient (Wildman–Crippen LogP) is 1.30. The van der Waals surface area contributed by atoms with Crippen LogP contribution in [0.5, 0.6) is 0 Å². The number of aromatic nitrogens is 2. The van der Waals surface area contributed by atoms with Gasteiger partial charge in [-0.1, -0.05) is 0 Å². The second-order valence-corrected chi connectivity index (χ2v) is 4.58. The Bertz CT molecular complexity index is 675. The highest BCUT2D eigenvalue weighted by molar-refractivity contribution is 8.19. The highest BCUT2D eigenvalue weighted by Gasteiger charge is 2.37. The first kappa shape index (κ1) is 11.5. The van der Waals surface area contributed by atoms with Crippen molar-refractivity contribution in [3.8, 4) is 0 Å². The van der Waals surface area contributed by atoms with Gasteiger partial charge in [-0.05, 0) is 34.2 Å². The molecular weight excluding hydrogens is 270 g/mol. The normalized spacial score (nSPS) is 17.7. The van der Waals surface area contributed by atoms with Crippen molar-refractivity contribution < 1.29 is 13.8 Å². The first-order valence-electron chi connectivity index (χ1n) is 5.11. The van der Waals surface area contributed by atoms with Gasteiger partial charge in [0.2, 0.25) is 11.6 Å². The zero-order chi connectivity index (χ0) is 13.4. The summed E-state index contributed by atoms with van der Waals surface area (Å²) in [5, 5.41) is 14.7. The van der Waals surface area contributed by atoms with E-state index < -0.39 is 5.91 Å². The number of carbonyl (C=O) groups excluding carboxylic acids is 1. The summed E-state index contributed by atoms with van der Waals surface area (Å²) < 4.78 is 9.56. The van der Waals surface area contributed by atoms with Crippen molar-refractivity contribution in [2.24, 2.45) is 0 Å². The van der Waals surface area contributed by atoms with Crippen LogP contribution in [0.25, 0.3) is 6.08 Å². The zero-order valence-corrected chi connectivity index (χ0v) is 10.2. The maximum atomic E-state index is 12.2. The number of amidine groups is 1. The van der Waals surface area contributed by atoms with Crippen molar-refractivity contribution in [2.75, 3.05) is 10.6 Å². The quantitative estimate of drug-likeness (QED) is 0.793. The third-order valence-electron chi connectivity index (χ3n) is 2.35. The monoisotopic (exact) mass is 277 g/mol. The van der Waals surface area contributed by atoms with E-state index in [-0.39, 0.29) is 16.8 Å². The number of amides is 1. The van der Waals surface area contributed by atoms with Crippen LogP contribution in [0.4, 0.5) is 11.6 Å². The lowest BCUT2D eigenvalue weighted by Crippen LogP contribution is -2.29. The first-order chi connectivity index (χ1) is 9.16. The van der Waals surface area contributed by atoms with Gasteiger partial charge in [0.05, 0.1) is 11.2 Å². The molecule has 0 spiro atoms. The van der Waals surface area contributed by atoms with Crippen molar-refractivity contribution in [1.82, 2.24) is 10.3 Å². The highest BCUT2D eigenvalue weighted by Crippen LogP contribution is 2.35. The van der Waals surface area contributed by atoms with E-state index in [9.17, 15) is 4.79 Å². The van der Waals surface area contributed by atoms with Crippen LogP contribution in [0.1, 0.15) is 5.76 Å². The highest BCUT2D eigenvalue weighted by atomic mass is 32.2. The van der Waals surface area contributed by atoms with Gasteiger partial charge in [-0.2, -0.15) is 0 Å². The standard InChI is InChI=1S/C10H7N5O3S/c11-7-8(14-18-13-7)15-9(16)6(19-10(15)12)4-5-2-1-3-17-5/h1-4,12H,(H2,11,13)/b6-4-,12-10?. The molecule has 0 bridgehead atoms. The molecule has 2 aromatic heterocycles. The minimum absolute atomic E-state index is 0.0188. The van der Waals surface area contributed by atoms with Crippen LogP contribution in [0.15, 0.2) is 32.3 Å². The molecule has 0 radical (unpaired) electrons. The Morgan fingerprint density at radius 3 is 2.95 bits per heavy atom. The maximum Gasteiger partial charge on any atom is 0.272 e. The number of nitrogen functional groups attached to an aromatic ring is 1. The number of thioether (sulfide) groups is 1. The maximum absolute atomic E-state index is 12.2. The smallest absolute Gasteiger partial charge is 0.272 e. The molecule has 3 rings (SSSR count). The Morgan fingerprint density at radius 2 is 2.32 bits per heavy atom. The molecule has 1 saturated heterocycles. The SMILES string of the molecule is N=C1S/C(=C\c2ccco2)C(=O)N1c1nonc1N. The van der Waals surface area contributed by atoms with Crippen molar-refractivity contribution in [1.29, 1.82) is 5.41 Å². The van der Waals surface area contributed by atoms with Crippen LogP contribution in [0.2, 0.25) is 0 Å². The van der Waals surface area contributed by atoms with Gasteiger partial charge < -0.3 is 10.2 Å². The third kappa shape index (κ3) is 1.89. The fraction of sp³-hybridized carbons (Fsp3) is 0. The average molecular weight is 277 g/mol. The number of anilines is 2. The number of nitrogens with one attached hydrogen (secondary N) is 1. The van der Waals surface area contributed by atoms with Crippen LogP contribution in [-0.2, 0) is 4.79 Å². The molecule has 1 amide bonds. The van der Waals surface area contributed by atoms with E-state index in [2.05, 4.69) is 14.9 Å². The number of hydrogen-bond acceptors (Lipinski definition) is 8. The molecule has 19 heavy (non-hydrogen) atoms. The lowest BCUT2D eigenvalue weighted by Gasteiger charge is -2.08. The molecule has 0 unspecified atom stereocenters. The topological polar surface area (TPSA) is 122 Å². The summed E-state index contributed by atoms with van der Waals surface area (Å²) in [7, 11) is 0. The summed E-state index contributed by atoms with van der Waals surface area (Å²) in [6, 6.07) is 3.41. The number of nitrogens with two attached hydrogens (primary N) is 1. The molecule has 1 aliphatic heterocycles. The molecular formula is C10H7N5O3S. The number of hydrogen-bond donors (Lipinski definition) is 2. The summed E-state index contributed by atoms with van der Waals surface area (Å²) in [6.07, 6.45) is 3.05. The van der Waals surface area contributed by atoms with Crippen molar-refractivity contribution in [3.63, 3.8) is 0 Å². The lowest BCUT2D eigenvalue weighted by molar-refractivity contribution is -0.113. The zero-order valence-electron chi connectivity index (χ0n) is 9.36. The molecule has 9 heteroatoms. The Labute approximate surface area is 110 Å². The van der Waals surface area contributed by atoms with Crippen molar-refractivity contribution in [2.45, 2.75) is 0 Å². The fourth-order valence-electron chi connectivity index (χ4n) is 1.53. The lowest BCUT2D eigenvalue weighted by atomic mass is 10.3. The van der Waals surface area contributed by atoms with E-state index in [0.717, 1.165) is 16.7 Å². The number of nitrogens with zero attached hydrogens (tertiary/aromatic N) is 3. The van der Waals surface area contributed by atoms with Gasteiger partial charge in [0.25, 0.3) is 5.91 Å². The molecule has 0 atom stereocenters. The summed E-state index contributed by atoms with van der Waals surface area (Å²) in [5.41, 5.74) is 5.52. The van der Waals surface area contributed by atoms with Gasteiger partial charge in [-0.15, -0.1) is 0 Å². The summed E-state index contributed by atoms with van der Waals surface area (Å²) >= 11 is 0.983. The van der Waals surface area contributed by atoms with Crippen LogP contribution >= 0.6 is 11.8 Å². The van der Waals surface area contributed by atoms with Gasteiger partial charge >= 0.3 is 0 Å². The van der Waals surface area contributed by atoms with E-state index in [1.54, 1.807) is 18.2 Å². The second-order valence-electron chi connectivity index (χ2n) is 3.54. The first-order valence-corrected chi connectivity index (χ1v) is 5.92. The molecule has 2 aromatic rings. The molecule has 1 aliphatic rings. The largest absolute Gasteiger partial charge is 0.465 e. The Kier molecular flexibility index (Phi) is 2.60. The number of furan rings is 1. The second kappa shape index (κ2) is 4.28. The molecule has 8 nitrogen and oxygen atoms in total. The Balaban J connectivity index is 1.96. The van der Waals surface area contributed by atoms with Gasteiger partial charge in [-0.3, -0.25) is 10.2 Å². The Morgan fingerprint density at radius 1 is 1.47 bits per heavy atom. The molecule has 96 valence electrons. The summed E-state index contributed by atoms with van der Waals surface area (Å²) in [6.45, 7) is 0. The number of carbonyl (C=O) groups is 1. The van der Waals surface area contributed by atoms with E-state index in [1.165, 1.54) is 6.26 Å². The van der Waals surface area contributed by atoms with Gasteiger partial charge in [0.1, 0.15) is 5.76 Å². The third-order valence-corrected chi connectivity index (χ3v) is 3.24. The van der Waals surface area contributed by atoms with Crippen molar-refractivity contribution in [3.05, 3.63) is 29.1 Å². The van der Waals surface area contributed by atoms with E-state index >= 15 is 0 Å². The van der Waals surface area contributed by atoms with E-state index in [4.69, 9.17) is 15.6 Å². The van der Waals surface area contributed by atoms with Gasteiger partial charge in [0, 0.05) is 6.08 Å². The van der Waals surface area contributed by atoms with Crippen molar-refractivity contribution >= 4 is 40.5 Å². The minimum Gasteiger partial charge on any atom is -0.465 e. The molecule has 0 aromatic carbocycles. The molecule has 3 heterocycles. The van der Waals surface area contributed by atoms with E-state index in [1.807, 2.05) is 0 Å². The molecule has 0 aliphatic carbocycles. The van der Waals surface area contributed by atoms with Gasteiger partial charge in [0.15, 0.2) is 5.17 Å². The average Bonchev–Trinajstić information content (AvgIpc) is 3.05.